The Morgan fingerprint density at radius 2 is 0.469 bits per heavy atom. The van der Waals surface area contributed by atoms with Crippen LogP contribution in [0.5, 0.6) is 0 Å². The number of aliphatic hydroxyl groups is 2. The summed E-state index contributed by atoms with van der Waals surface area (Å²) in [5, 5.41) is 20.7. The van der Waals surface area contributed by atoms with Gasteiger partial charge in [-0.15, -0.1) is 0 Å². The van der Waals surface area contributed by atoms with Crippen molar-refractivity contribution in [3.05, 3.63) is 146 Å². The number of carbonyl (C=O) groups is 3. The molecule has 0 fully saturated rings. The molecule has 113 heavy (non-hydrogen) atoms. The number of rotatable bonds is 85. The molecule has 16 nitrogen and oxygen atoms in total. The highest BCUT2D eigenvalue weighted by Crippen LogP contribution is 2.45. The molecule has 0 saturated carbocycles. The van der Waals surface area contributed by atoms with Crippen LogP contribution in [0.3, 0.4) is 0 Å². The molecule has 0 aromatic heterocycles. The van der Waals surface area contributed by atoms with Crippen LogP contribution in [0.25, 0.3) is 0 Å². The van der Waals surface area contributed by atoms with E-state index < -0.39 is 91.5 Å². The minimum atomic E-state index is -4.94. The highest BCUT2D eigenvalue weighted by molar-refractivity contribution is 7.47. The number of unbranched alkanes of at least 4 members (excludes halogenated alkanes) is 38. The minimum Gasteiger partial charge on any atom is -0.463 e. The van der Waals surface area contributed by atoms with Gasteiger partial charge in [-0.3, -0.25) is 32.5 Å². The highest BCUT2D eigenvalue weighted by atomic mass is 31.2. The lowest BCUT2D eigenvalue weighted by atomic mass is 10.0. The lowest BCUT2D eigenvalue weighted by Crippen LogP contribution is -2.30. The molecule has 0 bridgehead atoms. The van der Waals surface area contributed by atoms with Crippen LogP contribution in [-0.4, -0.2) is 95.9 Å². The first kappa shape index (κ1) is 108. The summed E-state index contributed by atoms with van der Waals surface area (Å²) >= 11 is 0. The third kappa shape index (κ3) is 88.1. The molecule has 0 rings (SSSR count). The number of phosphoric ester groups is 2. The van der Waals surface area contributed by atoms with Crippen LogP contribution in [0.15, 0.2) is 146 Å². The fraction of sp³-hybridized carbons (Fsp3) is 0.716. The molecule has 0 spiro atoms. The van der Waals surface area contributed by atoms with Crippen molar-refractivity contribution in [2.75, 3.05) is 39.6 Å². The SMILES string of the molecule is CC/C=C\C/C=C\C/C=C\C/C=C\C/C=C\CCCCCCCCCCCCCCCCCC(=O)OCC(O)COP(=O)(O)OCC(O)COP(=O)(O)OCC(COC(=O)CCCCCCCCCCCCCCC/C=C\C/C=C\C/C=C\C/C=C\CCCCC)OC(=O)CCCCCCCCC/C=C\C/C=C\C/C=C\CC. The van der Waals surface area contributed by atoms with E-state index in [0.29, 0.717) is 19.3 Å². The van der Waals surface area contributed by atoms with Crippen LogP contribution in [0, 0.1) is 0 Å². The van der Waals surface area contributed by atoms with Gasteiger partial charge in [0.15, 0.2) is 6.10 Å². The van der Waals surface area contributed by atoms with E-state index in [2.05, 4.69) is 167 Å². The number of esters is 3. The Morgan fingerprint density at radius 3 is 0.743 bits per heavy atom. The molecule has 5 unspecified atom stereocenters. The average Bonchev–Trinajstić information content (AvgIpc) is 0.901. The maximum absolute atomic E-state index is 13.0. The van der Waals surface area contributed by atoms with Gasteiger partial charge in [0, 0.05) is 19.3 Å². The molecule has 0 aliphatic rings. The van der Waals surface area contributed by atoms with Gasteiger partial charge >= 0.3 is 33.6 Å². The van der Waals surface area contributed by atoms with Gasteiger partial charge in [-0.05, 0) is 141 Å². The molecule has 0 heterocycles. The molecule has 0 aliphatic carbocycles. The molecule has 0 aliphatic heterocycles. The summed E-state index contributed by atoms with van der Waals surface area (Å²) in [7, 11) is -9.81. The first-order valence-corrected chi connectivity index (χ1v) is 48.1. The Kier molecular flexibility index (Phi) is 83.3. The third-order valence-corrected chi connectivity index (χ3v) is 20.9. The number of carbonyl (C=O) groups excluding carboxylic acids is 3. The maximum Gasteiger partial charge on any atom is 0.472 e. The largest absolute Gasteiger partial charge is 0.472 e. The quantitative estimate of drug-likeness (QED) is 0.0146. The van der Waals surface area contributed by atoms with Crippen molar-refractivity contribution in [1.82, 2.24) is 0 Å². The summed E-state index contributed by atoms with van der Waals surface area (Å²) in [6, 6.07) is 0. The van der Waals surface area contributed by atoms with Gasteiger partial charge < -0.3 is 34.2 Å². The summed E-state index contributed by atoms with van der Waals surface area (Å²) in [4.78, 5) is 58.9. The van der Waals surface area contributed by atoms with Crippen LogP contribution < -0.4 is 0 Å². The molecule has 0 aromatic rings. The zero-order valence-electron chi connectivity index (χ0n) is 71.5. The van der Waals surface area contributed by atoms with Gasteiger partial charge in [0.25, 0.3) is 0 Å². The number of aliphatic hydroxyl groups excluding tert-OH is 2. The van der Waals surface area contributed by atoms with Gasteiger partial charge in [-0.25, -0.2) is 9.13 Å². The molecule has 0 radical (unpaired) electrons. The zero-order chi connectivity index (χ0) is 82.2. The first-order chi connectivity index (χ1) is 55.2. The fourth-order valence-corrected chi connectivity index (χ4v) is 13.8. The third-order valence-electron chi connectivity index (χ3n) is 19.0. The second kappa shape index (κ2) is 86.8. The Labute approximate surface area is 689 Å². The minimum absolute atomic E-state index is 0.0915. The standard InChI is InChI=1S/C95H164O16P2/c1-4-7-10-13-16-19-22-25-28-31-33-35-37-39-41-43-44-46-48-49-51-53-55-58-60-63-66-69-72-75-78-81-93(98)105-84-90(96)85-107-112(101,102)108-86-91(97)87-109-113(103,104)110-89-92(111-95(100)83-80-77-74-71-68-65-62-57-30-27-24-21-18-15-12-9-6-3)88-106-94(99)82-79-76-73-70-67-64-61-59-56-54-52-50-47-45-42-40-38-36-34-32-29-26-23-20-17-14-11-8-5-2/h7,9-10,12,16-21,25-30,33-36,39-42,90-92,96-97H,4-6,8,11,13-15,22-24,31-32,37-38,43-89H2,1-3H3,(H,101,102)(H,103,104)/b10-7-,12-9-,19-16-,20-17-,21-18-,28-25-,29-26-,30-27-,35-33-,36-34-,41-39-,42-40-. The van der Waals surface area contributed by atoms with E-state index in [-0.39, 0.29) is 19.3 Å². The second-order valence-corrected chi connectivity index (χ2v) is 32.9. The maximum atomic E-state index is 13.0. The Balaban J connectivity index is 4.52. The van der Waals surface area contributed by atoms with E-state index in [4.69, 9.17) is 32.3 Å². The van der Waals surface area contributed by atoms with Crippen LogP contribution in [0.2, 0.25) is 0 Å². The van der Waals surface area contributed by atoms with E-state index in [0.717, 1.165) is 167 Å². The predicted molar refractivity (Wildman–Crippen MR) is 473 cm³/mol. The van der Waals surface area contributed by atoms with Crippen molar-refractivity contribution in [3.8, 4) is 0 Å². The van der Waals surface area contributed by atoms with E-state index in [1.54, 1.807) is 0 Å². The Morgan fingerprint density at radius 1 is 0.257 bits per heavy atom. The molecular formula is C95H164O16P2. The molecule has 650 valence electrons. The predicted octanol–water partition coefficient (Wildman–Crippen LogP) is 27.6. The lowest BCUT2D eigenvalue weighted by molar-refractivity contribution is -0.161. The van der Waals surface area contributed by atoms with E-state index in [1.807, 2.05) is 0 Å². The van der Waals surface area contributed by atoms with Crippen molar-refractivity contribution in [1.29, 1.82) is 0 Å². The number of phosphoric acid groups is 2. The summed E-state index contributed by atoms with van der Waals surface area (Å²) in [6.07, 6.45) is 109. The molecule has 0 saturated heterocycles. The van der Waals surface area contributed by atoms with Crippen molar-refractivity contribution in [3.63, 3.8) is 0 Å². The lowest BCUT2D eigenvalue weighted by Gasteiger charge is -2.21. The second-order valence-electron chi connectivity index (χ2n) is 30.0. The summed E-state index contributed by atoms with van der Waals surface area (Å²) < 4.78 is 61.4. The number of allylic oxidation sites excluding steroid dienone is 24. The van der Waals surface area contributed by atoms with Crippen molar-refractivity contribution in [2.24, 2.45) is 0 Å². The number of ether oxygens (including phenoxy) is 3. The Bertz CT molecular complexity index is 2630. The number of hydrogen-bond donors (Lipinski definition) is 4. The van der Waals surface area contributed by atoms with Crippen LogP contribution in [0.4, 0.5) is 0 Å². The molecule has 18 heteroatoms. The van der Waals surface area contributed by atoms with Crippen LogP contribution >= 0.6 is 15.6 Å². The van der Waals surface area contributed by atoms with Crippen LogP contribution in [-0.2, 0) is 55.8 Å². The van der Waals surface area contributed by atoms with Gasteiger partial charge in [-0.2, -0.15) is 0 Å². The number of hydrogen-bond acceptors (Lipinski definition) is 14. The van der Waals surface area contributed by atoms with Gasteiger partial charge in [0.05, 0.1) is 26.4 Å². The molecule has 0 amide bonds. The van der Waals surface area contributed by atoms with E-state index in [9.17, 15) is 43.5 Å². The summed E-state index contributed by atoms with van der Waals surface area (Å²) in [6.45, 7) is 2.47. The van der Waals surface area contributed by atoms with Gasteiger partial charge in [0.1, 0.15) is 25.4 Å². The van der Waals surface area contributed by atoms with Crippen molar-refractivity contribution >= 4 is 33.6 Å². The fourth-order valence-electron chi connectivity index (χ4n) is 12.2. The van der Waals surface area contributed by atoms with E-state index >= 15 is 0 Å². The van der Waals surface area contributed by atoms with Gasteiger partial charge in [0.2, 0.25) is 0 Å². The molecule has 4 N–H and O–H groups in total. The zero-order valence-corrected chi connectivity index (χ0v) is 73.3. The van der Waals surface area contributed by atoms with E-state index in [1.165, 1.54) is 154 Å². The summed E-state index contributed by atoms with van der Waals surface area (Å²) in [5.74, 6) is -1.58. The van der Waals surface area contributed by atoms with Gasteiger partial charge in [-0.1, -0.05) is 366 Å². The molecule has 0 aromatic carbocycles. The monoisotopic (exact) mass is 1620 g/mol. The smallest absolute Gasteiger partial charge is 0.463 e. The van der Waals surface area contributed by atoms with Crippen LogP contribution in [0.1, 0.15) is 380 Å². The topological polar surface area (TPSA) is 231 Å². The summed E-state index contributed by atoms with van der Waals surface area (Å²) in [5.41, 5.74) is 0. The molecular weight excluding hydrogens is 1460 g/mol. The van der Waals surface area contributed by atoms with Crippen molar-refractivity contribution < 1.29 is 75.8 Å². The molecule has 5 atom stereocenters. The van der Waals surface area contributed by atoms with Crippen molar-refractivity contribution in [2.45, 2.75) is 399 Å². The first-order valence-electron chi connectivity index (χ1n) is 45.1. The highest BCUT2D eigenvalue weighted by Gasteiger charge is 2.29. The normalized spacial score (nSPS) is 14.5. The average molecular weight is 1620 g/mol. The Hall–Kier alpha value is -4.57.